The Balaban J connectivity index is 1.35. The molecule has 0 radical (unpaired) electrons. The number of carbonyl (C=O) groups excluding carboxylic acids is 1. The molecule has 1 N–H and O–H groups in total. The number of hydrogen-bond acceptors (Lipinski definition) is 5. The van der Waals surface area contributed by atoms with Gasteiger partial charge in [-0.1, -0.05) is 59.8 Å². The molecule has 6 nitrogen and oxygen atoms in total. The van der Waals surface area contributed by atoms with Crippen LogP contribution in [0.5, 0.6) is 5.75 Å². The largest absolute Gasteiger partial charge is 0.496 e. The quantitative estimate of drug-likeness (QED) is 0.167. The topological polar surface area (TPSA) is 69.0 Å². The zero-order chi connectivity index (χ0) is 26.0. The Kier molecular flexibility index (Phi) is 9.57. The van der Waals surface area contributed by atoms with Gasteiger partial charge in [-0.25, -0.2) is 4.39 Å². The fourth-order valence-corrected chi connectivity index (χ4v) is 4.97. The van der Waals surface area contributed by atoms with E-state index in [4.69, 9.17) is 16.3 Å². The molecule has 0 bridgehead atoms. The molecule has 0 spiro atoms. The van der Waals surface area contributed by atoms with E-state index < -0.39 is 0 Å². The number of unbranched alkanes of at least 4 members (excludes halogenated alkanes) is 1. The molecule has 192 valence electrons. The maximum atomic E-state index is 13.2. The minimum atomic E-state index is -0.258. The summed E-state index contributed by atoms with van der Waals surface area (Å²) in [6.45, 7) is 0.431. The van der Waals surface area contributed by atoms with Gasteiger partial charge in [0.25, 0.3) is 0 Å². The smallest absolute Gasteiger partial charge is 0.220 e. The first-order valence-corrected chi connectivity index (χ1v) is 13.4. The summed E-state index contributed by atoms with van der Waals surface area (Å²) in [4.78, 5) is 12.4. The van der Waals surface area contributed by atoms with Gasteiger partial charge in [0, 0.05) is 35.7 Å². The molecule has 0 aliphatic carbocycles. The van der Waals surface area contributed by atoms with Crippen LogP contribution in [-0.4, -0.2) is 27.8 Å². The van der Waals surface area contributed by atoms with Crippen LogP contribution in [0.25, 0.3) is 5.69 Å². The Bertz CT molecular complexity index is 1330. The first-order chi connectivity index (χ1) is 18.0. The minimum Gasteiger partial charge on any atom is -0.496 e. The number of rotatable bonds is 12. The van der Waals surface area contributed by atoms with Crippen molar-refractivity contribution in [3.63, 3.8) is 0 Å². The van der Waals surface area contributed by atoms with Gasteiger partial charge in [-0.15, -0.1) is 10.2 Å². The van der Waals surface area contributed by atoms with E-state index in [9.17, 15) is 9.18 Å². The number of benzene rings is 3. The summed E-state index contributed by atoms with van der Waals surface area (Å²) in [5.74, 6) is 1.93. The van der Waals surface area contributed by atoms with Crippen LogP contribution in [0.3, 0.4) is 0 Å². The molecule has 1 heterocycles. The van der Waals surface area contributed by atoms with E-state index >= 15 is 0 Å². The molecule has 0 fully saturated rings. The molecule has 0 saturated carbocycles. The van der Waals surface area contributed by atoms with Gasteiger partial charge >= 0.3 is 0 Å². The van der Waals surface area contributed by atoms with Crippen LogP contribution in [0.4, 0.5) is 4.39 Å². The van der Waals surface area contributed by atoms with Crippen molar-refractivity contribution >= 4 is 29.3 Å². The van der Waals surface area contributed by atoms with Crippen molar-refractivity contribution in [2.24, 2.45) is 0 Å². The number of hydrogen-bond donors (Lipinski definition) is 1. The highest BCUT2D eigenvalue weighted by molar-refractivity contribution is 7.98. The second kappa shape index (κ2) is 13.3. The summed E-state index contributed by atoms with van der Waals surface area (Å²) in [5, 5.41) is 13.2. The van der Waals surface area contributed by atoms with E-state index in [1.165, 1.54) is 23.9 Å². The van der Waals surface area contributed by atoms with Gasteiger partial charge in [-0.2, -0.15) is 0 Å². The molecule has 0 unspecified atom stereocenters. The van der Waals surface area contributed by atoms with Crippen molar-refractivity contribution in [2.75, 3.05) is 7.11 Å². The highest BCUT2D eigenvalue weighted by Crippen LogP contribution is 2.27. The summed E-state index contributed by atoms with van der Waals surface area (Å²) in [5.41, 5.74) is 2.81. The van der Waals surface area contributed by atoms with Crippen LogP contribution in [-0.2, 0) is 23.5 Å². The summed E-state index contributed by atoms with van der Waals surface area (Å²) in [7, 11) is 1.62. The maximum absolute atomic E-state index is 13.2. The second-order valence-electron chi connectivity index (χ2n) is 8.42. The highest BCUT2D eigenvalue weighted by Gasteiger charge is 2.15. The van der Waals surface area contributed by atoms with Crippen LogP contribution in [0, 0.1) is 5.82 Å². The van der Waals surface area contributed by atoms with Gasteiger partial charge < -0.3 is 10.1 Å². The number of carbonyl (C=O) groups is 1. The summed E-state index contributed by atoms with van der Waals surface area (Å²) in [6, 6.07) is 21.6. The van der Waals surface area contributed by atoms with Crippen molar-refractivity contribution < 1.29 is 13.9 Å². The zero-order valence-corrected chi connectivity index (χ0v) is 22.1. The molecule has 0 aliphatic rings. The third-order valence-corrected chi connectivity index (χ3v) is 7.01. The average molecular weight is 539 g/mol. The van der Waals surface area contributed by atoms with Crippen LogP contribution in [0.2, 0.25) is 5.02 Å². The molecule has 0 atom stereocenters. The maximum Gasteiger partial charge on any atom is 0.220 e. The predicted molar refractivity (Wildman–Crippen MR) is 145 cm³/mol. The number of para-hydroxylation sites is 1. The molecule has 4 aromatic rings. The van der Waals surface area contributed by atoms with Crippen molar-refractivity contribution in [1.29, 1.82) is 0 Å². The van der Waals surface area contributed by atoms with Crippen LogP contribution in [0.1, 0.15) is 36.2 Å². The van der Waals surface area contributed by atoms with E-state index in [1.54, 1.807) is 19.2 Å². The van der Waals surface area contributed by atoms with Gasteiger partial charge in [0.2, 0.25) is 5.91 Å². The molecular formula is C28H28ClFN4O2S. The fourth-order valence-electron chi connectivity index (χ4n) is 3.86. The third kappa shape index (κ3) is 7.57. The van der Waals surface area contributed by atoms with Crippen molar-refractivity contribution in [2.45, 2.75) is 43.1 Å². The van der Waals surface area contributed by atoms with Crippen molar-refractivity contribution in [3.8, 4) is 11.4 Å². The molecule has 1 amide bonds. The molecular weight excluding hydrogens is 511 g/mol. The molecule has 3 aromatic carbocycles. The number of methoxy groups -OCH3 is 1. The van der Waals surface area contributed by atoms with E-state index in [-0.39, 0.29) is 11.7 Å². The van der Waals surface area contributed by atoms with Gasteiger partial charge in [0.15, 0.2) is 5.16 Å². The van der Waals surface area contributed by atoms with Crippen LogP contribution in [0.15, 0.2) is 78.0 Å². The first kappa shape index (κ1) is 26.7. The molecule has 4 rings (SSSR count). The summed E-state index contributed by atoms with van der Waals surface area (Å²) in [6.07, 6.45) is 2.59. The van der Waals surface area contributed by atoms with Gasteiger partial charge in [0.1, 0.15) is 17.4 Å². The number of nitrogens with zero attached hydrogens (tertiary/aromatic N) is 3. The molecule has 1 aromatic heterocycles. The minimum absolute atomic E-state index is 0.00208. The predicted octanol–water partition coefficient (Wildman–Crippen LogP) is 6.39. The Morgan fingerprint density at radius 3 is 2.65 bits per heavy atom. The summed E-state index contributed by atoms with van der Waals surface area (Å²) < 4.78 is 20.6. The van der Waals surface area contributed by atoms with Crippen molar-refractivity contribution in [1.82, 2.24) is 20.1 Å². The molecule has 0 aliphatic heterocycles. The van der Waals surface area contributed by atoms with E-state index in [0.29, 0.717) is 30.2 Å². The molecule has 0 saturated heterocycles. The van der Waals surface area contributed by atoms with E-state index in [1.807, 2.05) is 53.1 Å². The number of nitrogens with one attached hydrogen (secondary N) is 1. The fraction of sp³-hybridized carbons (Fsp3) is 0.250. The SMILES string of the molecule is COc1ccccc1CNC(=O)CCCCc1nnc(SCc2ccc(F)cc2)n1-c1cccc(Cl)c1. The Labute approximate surface area is 225 Å². The lowest BCUT2D eigenvalue weighted by molar-refractivity contribution is -0.121. The van der Waals surface area contributed by atoms with Gasteiger partial charge in [-0.05, 0) is 54.8 Å². The average Bonchev–Trinajstić information content (AvgIpc) is 3.32. The first-order valence-electron chi connectivity index (χ1n) is 12.0. The Morgan fingerprint density at radius 2 is 1.86 bits per heavy atom. The normalized spacial score (nSPS) is 10.9. The standard InChI is InChI=1S/C28H28ClFN4O2S/c1-36-25-10-3-2-7-21(25)18-31-27(35)12-5-4-11-26-32-33-28(34(26)24-9-6-8-22(29)17-24)37-19-20-13-15-23(30)16-14-20/h2-3,6-10,13-17H,4-5,11-12,18-19H2,1H3,(H,31,35). The van der Waals surface area contributed by atoms with Gasteiger partial charge in [-0.3, -0.25) is 9.36 Å². The number of halogens is 2. The second-order valence-corrected chi connectivity index (χ2v) is 9.80. The summed E-state index contributed by atoms with van der Waals surface area (Å²) >= 11 is 7.79. The lowest BCUT2D eigenvalue weighted by Crippen LogP contribution is -2.22. The van der Waals surface area contributed by atoms with Crippen molar-refractivity contribution in [3.05, 3.63) is 101 Å². The van der Waals surface area contributed by atoms with Gasteiger partial charge in [0.05, 0.1) is 12.8 Å². The van der Waals surface area contributed by atoms with E-state index in [0.717, 1.165) is 46.4 Å². The third-order valence-electron chi connectivity index (χ3n) is 5.77. The molecule has 9 heteroatoms. The highest BCUT2D eigenvalue weighted by atomic mass is 35.5. The number of ether oxygens (including phenoxy) is 1. The lowest BCUT2D eigenvalue weighted by Gasteiger charge is -2.11. The number of thioether (sulfide) groups is 1. The Morgan fingerprint density at radius 1 is 1.05 bits per heavy atom. The number of amides is 1. The van der Waals surface area contributed by atoms with Crippen LogP contribution >= 0.6 is 23.4 Å². The number of aryl methyl sites for hydroxylation is 1. The zero-order valence-electron chi connectivity index (χ0n) is 20.5. The Hall–Kier alpha value is -3.36. The van der Waals surface area contributed by atoms with E-state index in [2.05, 4.69) is 15.5 Å². The molecule has 37 heavy (non-hydrogen) atoms. The monoisotopic (exact) mass is 538 g/mol. The number of aromatic nitrogens is 3. The van der Waals surface area contributed by atoms with Crippen LogP contribution < -0.4 is 10.1 Å². The lowest BCUT2D eigenvalue weighted by atomic mass is 10.1.